The summed E-state index contributed by atoms with van der Waals surface area (Å²) in [6.45, 7) is 1.01. The van der Waals surface area contributed by atoms with E-state index in [0.29, 0.717) is 41.0 Å². The van der Waals surface area contributed by atoms with Crippen molar-refractivity contribution in [3.05, 3.63) is 47.7 Å². The Hall–Kier alpha value is -3.33. The van der Waals surface area contributed by atoms with Crippen molar-refractivity contribution in [2.24, 2.45) is 5.92 Å². The molecule has 8 nitrogen and oxygen atoms in total. The third-order valence-corrected chi connectivity index (χ3v) is 6.02. The molecule has 2 amide bonds. The van der Waals surface area contributed by atoms with Crippen LogP contribution in [0.25, 0.3) is 11.3 Å². The number of methoxy groups -OCH3 is 2. The molecule has 1 saturated heterocycles. The van der Waals surface area contributed by atoms with Crippen molar-refractivity contribution in [1.29, 1.82) is 0 Å². The minimum absolute atomic E-state index is 0.116. The zero-order chi connectivity index (χ0) is 21.8. The highest BCUT2D eigenvalue weighted by atomic mass is 32.1. The van der Waals surface area contributed by atoms with Gasteiger partial charge in [0.1, 0.15) is 17.8 Å². The molecule has 0 radical (unpaired) electrons. The lowest BCUT2D eigenvalue weighted by Crippen LogP contribution is -2.43. The number of carbonyl (C=O) groups is 2. The SMILES string of the molecule is COc1ccc(-c2csc(NC(=O)[C@H]3CCCN(C(=O)c4ccoc4)C3)n2)c(OC)c1. The highest BCUT2D eigenvalue weighted by Gasteiger charge is 2.29. The van der Waals surface area contributed by atoms with E-state index in [1.807, 2.05) is 17.5 Å². The van der Waals surface area contributed by atoms with Gasteiger partial charge in [-0.1, -0.05) is 0 Å². The summed E-state index contributed by atoms with van der Waals surface area (Å²) in [5.74, 6) is 0.800. The maximum Gasteiger partial charge on any atom is 0.257 e. The van der Waals surface area contributed by atoms with E-state index < -0.39 is 0 Å². The summed E-state index contributed by atoms with van der Waals surface area (Å²) < 4.78 is 15.7. The van der Waals surface area contributed by atoms with Crippen molar-refractivity contribution in [2.45, 2.75) is 12.8 Å². The van der Waals surface area contributed by atoms with Crippen LogP contribution in [0.2, 0.25) is 0 Å². The van der Waals surface area contributed by atoms with Gasteiger partial charge in [-0.25, -0.2) is 4.98 Å². The first kappa shape index (κ1) is 20.9. The van der Waals surface area contributed by atoms with E-state index in [0.717, 1.165) is 18.4 Å². The van der Waals surface area contributed by atoms with Gasteiger partial charge in [0.05, 0.1) is 37.7 Å². The maximum absolute atomic E-state index is 12.8. The number of nitrogens with one attached hydrogen (secondary N) is 1. The van der Waals surface area contributed by atoms with Crippen LogP contribution in [0, 0.1) is 5.92 Å². The van der Waals surface area contributed by atoms with E-state index in [4.69, 9.17) is 13.9 Å². The molecule has 9 heteroatoms. The number of hydrogen-bond acceptors (Lipinski definition) is 7. The van der Waals surface area contributed by atoms with Crippen LogP contribution in [0.5, 0.6) is 11.5 Å². The van der Waals surface area contributed by atoms with Gasteiger partial charge in [-0.05, 0) is 31.0 Å². The number of likely N-dealkylation sites (tertiary alicyclic amines) is 1. The fraction of sp³-hybridized carbons (Fsp3) is 0.318. The first-order valence-corrected chi connectivity index (χ1v) is 10.8. The molecule has 1 atom stereocenters. The number of carbonyl (C=O) groups excluding carboxylic acids is 2. The number of benzene rings is 1. The van der Waals surface area contributed by atoms with Gasteiger partial charge in [-0.15, -0.1) is 11.3 Å². The van der Waals surface area contributed by atoms with Crippen LogP contribution in [0.4, 0.5) is 5.13 Å². The zero-order valence-electron chi connectivity index (χ0n) is 17.3. The Morgan fingerprint density at radius 2 is 2.13 bits per heavy atom. The predicted octanol–water partition coefficient (Wildman–Crippen LogP) is 3.91. The predicted molar refractivity (Wildman–Crippen MR) is 117 cm³/mol. The summed E-state index contributed by atoms with van der Waals surface area (Å²) in [5, 5.41) is 5.28. The monoisotopic (exact) mass is 441 g/mol. The molecule has 0 unspecified atom stereocenters. The zero-order valence-corrected chi connectivity index (χ0v) is 18.1. The molecule has 162 valence electrons. The number of rotatable bonds is 6. The summed E-state index contributed by atoms with van der Waals surface area (Å²) in [5.41, 5.74) is 2.02. The van der Waals surface area contributed by atoms with Gasteiger partial charge in [0.15, 0.2) is 5.13 Å². The third-order valence-electron chi connectivity index (χ3n) is 5.27. The molecule has 1 N–H and O–H groups in total. The van der Waals surface area contributed by atoms with Gasteiger partial charge in [-0.3, -0.25) is 9.59 Å². The molecule has 0 saturated carbocycles. The molecule has 1 fully saturated rings. The second-order valence-corrected chi connectivity index (χ2v) is 8.05. The third kappa shape index (κ3) is 4.56. The van der Waals surface area contributed by atoms with E-state index in [2.05, 4.69) is 10.3 Å². The topological polar surface area (TPSA) is 93.9 Å². The smallest absolute Gasteiger partial charge is 0.257 e. The summed E-state index contributed by atoms with van der Waals surface area (Å²) in [6.07, 6.45) is 4.40. The molecule has 4 rings (SSSR count). The van der Waals surface area contributed by atoms with E-state index >= 15 is 0 Å². The highest BCUT2D eigenvalue weighted by Crippen LogP contribution is 2.35. The van der Waals surface area contributed by atoms with Gasteiger partial charge >= 0.3 is 0 Å². The van der Waals surface area contributed by atoms with Gasteiger partial charge in [-0.2, -0.15) is 0 Å². The first-order valence-electron chi connectivity index (χ1n) is 9.89. The van der Waals surface area contributed by atoms with Gasteiger partial charge in [0, 0.05) is 30.1 Å². The lowest BCUT2D eigenvalue weighted by molar-refractivity contribution is -0.121. The van der Waals surface area contributed by atoms with Crippen LogP contribution in [-0.4, -0.2) is 49.0 Å². The van der Waals surface area contributed by atoms with Crippen molar-refractivity contribution in [3.63, 3.8) is 0 Å². The molecule has 1 aliphatic heterocycles. The number of amides is 2. The van der Waals surface area contributed by atoms with Crippen molar-refractivity contribution in [2.75, 3.05) is 32.6 Å². The van der Waals surface area contributed by atoms with Crippen molar-refractivity contribution in [3.8, 4) is 22.8 Å². The maximum atomic E-state index is 12.8. The van der Waals surface area contributed by atoms with E-state index in [1.165, 1.54) is 23.9 Å². The number of ether oxygens (including phenoxy) is 2. The second kappa shape index (κ2) is 9.22. The summed E-state index contributed by atoms with van der Waals surface area (Å²) in [6, 6.07) is 7.14. The quantitative estimate of drug-likeness (QED) is 0.623. The van der Waals surface area contributed by atoms with E-state index in [1.54, 1.807) is 31.3 Å². The molecule has 0 bridgehead atoms. The molecule has 3 heterocycles. The van der Waals surface area contributed by atoms with Crippen molar-refractivity contribution >= 4 is 28.3 Å². The summed E-state index contributed by atoms with van der Waals surface area (Å²) in [7, 11) is 3.19. The average Bonchev–Trinajstić information content (AvgIpc) is 3.50. The molecule has 1 aliphatic rings. The Bertz CT molecular complexity index is 1060. The molecule has 31 heavy (non-hydrogen) atoms. The molecule has 1 aromatic carbocycles. The number of nitrogens with zero attached hydrogens (tertiary/aromatic N) is 2. The summed E-state index contributed by atoms with van der Waals surface area (Å²) >= 11 is 1.35. The van der Waals surface area contributed by atoms with E-state index in [9.17, 15) is 9.59 Å². The van der Waals surface area contributed by atoms with Crippen LogP contribution in [0.3, 0.4) is 0 Å². The minimum atomic E-state index is -0.285. The number of furan rings is 1. The number of thiazole rings is 1. The van der Waals surface area contributed by atoms with Gasteiger partial charge < -0.3 is 24.1 Å². The Morgan fingerprint density at radius 3 is 2.87 bits per heavy atom. The van der Waals surface area contributed by atoms with E-state index in [-0.39, 0.29) is 17.7 Å². The molecule has 3 aromatic rings. The standard InChI is InChI=1S/C22H23N3O5S/c1-28-16-5-6-17(19(10-16)29-2)18-13-31-22(23-18)24-20(26)14-4-3-8-25(11-14)21(27)15-7-9-30-12-15/h5-7,9-10,12-14H,3-4,8,11H2,1-2H3,(H,23,24,26)/t14-/m0/s1. The molecule has 2 aromatic heterocycles. The van der Waals surface area contributed by atoms with Crippen molar-refractivity contribution < 1.29 is 23.5 Å². The normalized spacial score (nSPS) is 16.1. The summed E-state index contributed by atoms with van der Waals surface area (Å²) in [4.78, 5) is 31.6. The van der Waals surface area contributed by atoms with Crippen molar-refractivity contribution in [1.82, 2.24) is 9.88 Å². The van der Waals surface area contributed by atoms with Crippen LogP contribution in [0.15, 0.2) is 46.6 Å². The lowest BCUT2D eigenvalue weighted by atomic mass is 9.97. The first-order chi connectivity index (χ1) is 15.1. The molecular weight excluding hydrogens is 418 g/mol. The Balaban J connectivity index is 1.43. The molecular formula is C22H23N3O5S. The van der Waals surface area contributed by atoms with Crippen LogP contribution >= 0.6 is 11.3 Å². The number of hydrogen-bond donors (Lipinski definition) is 1. The average molecular weight is 442 g/mol. The second-order valence-electron chi connectivity index (χ2n) is 7.20. The van der Waals surface area contributed by atoms with Crippen LogP contribution in [0.1, 0.15) is 23.2 Å². The number of anilines is 1. The fourth-order valence-electron chi connectivity index (χ4n) is 3.62. The minimum Gasteiger partial charge on any atom is -0.497 e. The lowest BCUT2D eigenvalue weighted by Gasteiger charge is -2.31. The van der Waals surface area contributed by atoms with Gasteiger partial charge in [0.25, 0.3) is 5.91 Å². The highest BCUT2D eigenvalue weighted by molar-refractivity contribution is 7.14. The number of aromatic nitrogens is 1. The van der Waals surface area contributed by atoms with Crippen LogP contribution in [-0.2, 0) is 4.79 Å². The Labute approximate surface area is 183 Å². The largest absolute Gasteiger partial charge is 0.497 e. The Kier molecular flexibility index (Phi) is 6.22. The van der Waals surface area contributed by atoms with Crippen LogP contribution < -0.4 is 14.8 Å². The fourth-order valence-corrected chi connectivity index (χ4v) is 4.33. The van der Waals surface area contributed by atoms with Gasteiger partial charge in [0.2, 0.25) is 5.91 Å². The molecule has 0 aliphatic carbocycles. The number of piperidine rings is 1. The Morgan fingerprint density at radius 1 is 1.26 bits per heavy atom. The molecule has 0 spiro atoms.